The fourth-order valence-electron chi connectivity index (χ4n) is 5.06. The van der Waals surface area contributed by atoms with Crippen LogP contribution in [0.15, 0.2) is 66.4 Å². The third kappa shape index (κ3) is 5.85. The summed E-state index contributed by atoms with van der Waals surface area (Å²) in [7, 11) is 0. The number of aromatic nitrogens is 1. The first-order valence-electron chi connectivity index (χ1n) is 13.4. The number of pyridine rings is 1. The van der Waals surface area contributed by atoms with Gasteiger partial charge in [0.25, 0.3) is 0 Å². The van der Waals surface area contributed by atoms with E-state index < -0.39 is 0 Å². The van der Waals surface area contributed by atoms with Gasteiger partial charge >= 0.3 is 0 Å². The van der Waals surface area contributed by atoms with Crippen LogP contribution in [0.25, 0.3) is 32.9 Å². The molecule has 38 heavy (non-hydrogen) atoms. The Balaban J connectivity index is 0.000000223. The molecule has 5 rings (SSSR count). The fraction of sp³-hybridized carbons (Fsp3) is 0.333. The number of fused-ring (bicyclic) bond motifs is 3. The second kappa shape index (κ2) is 13.2. The maximum Gasteiger partial charge on any atom is 0.162 e. The molecule has 0 spiro atoms. The van der Waals surface area contributed by atoms with E-state index >= 15 is 0 Å². The molecule has 1 radical (unpaired) electrons. The smallest absolute Gasteiger partial charge is 0.162 e. The Kier molecular flexibility index (Phi) is 10.2. The van der Waals surface area contributed by atoms with E-state index in [-0.39, 0.29) is 43.5 Å². The molecule has 1 aliphatic heterocycles. The van der Waals surface area contributed by atoms with Gasteiger partial charge in [0.05, 0.1) is 17.0 Å². The standard InChI is InChI=1S/C20H12NO.C13H24O2.Ir/c1-12-14-8-2-3-10-16(14)21-19-15-9-4-6-13-7-5-11-17(18(13)15)22-20(12)19;1-5-10(6-2)12(14)9-13(15)11(7-3)8-4;/h2-8,10-11H,1H3;9-11,14H,5-8H2,1-4H3;/q-1;;/b;12-9-;. The monoisotopic (exact) mass is 687 g/mol. The van der Waals surface area contributed by atoms with Crippen molar-refractivity contribution in [2.75, 3.05) is 0 Å². The van der Waals surface area contributed by atoms with Crippen molar-refractivity contribution in [2.45, 2.75) is 60.3 Å². The third-order valence-electron chi connectivity index (χ3n) is 7.43. The molecule has 0 fully saturated rings. The Hall–Kier alpha value is -3.01. The maximum absolute atomic E-state index is 11.7. The van der Waals surface area contributed by atoms with Crippen molar-refractivity contribution >= 4 is 27.5 Å². The second-order valence-electron chi connectivity index (χ2n) is 9.61. The molecule has 0 amide bonds. The fourth-order valence-corrected chi connectivity index (χ4v) is 5.06. The number of ether oxygens (including phenoxy) is 1. The van der Waals surface area contributed by atoms with Crippen molar-refractivity contribution in [3.05, 3.63) is 78.1 Å². The van der Waals surface area contributed by atoms with Gasteiger partial charge in [0, 0.05) is 49.1 Å². The maximum atomic E-state index is 11.7. The first-order chi connectivity index (χ1) is 17.9. The average molecular weight is 687 g/mol. The summed E-state index contributed by atoms with van der Waals surface area (Å²) in [6.45, 7) is 10.2. The second-order valence-corrected chi connectivity index (χ2v) is 9.61. The van der Waals surface area contributed by atoms with Gasteiger partial charge in [-0.05, 0) is 50.3 Å². The van der Waals surface area contributed by atoms with Crippen LogP contribution in [0.1, 0.15) is 58.9 Å². The molecule has 0 atom stereocenters. The number of carbonyl (C=O) groups is 1. The summed E-state index contributed by atoms with van der Waals surface area (Å²) in [5.41, 5.74) is 4.04. The van der Waals surface area contributed by atoms with E-state index in [1.807, 2.05) is 64.1 Å². The Morgan fingerprint density at radius 1 is 0.974 bits per heavy atom. The van der Waals surface area contributed by atoms with Crippen LogP contribution < -0.4 is 4.74 Å². The zero-order valence-electron chi connectivity index (χ0n) is 22.8. The summed E-state index contributed by atoms with van der Waals surface area (Å²) >= 11 is 0. The molecular weight excluding hydrogens is 651 g/mol. The minimum atomic E-state index is 0. The van der Waals surface area contributed by atoms with E-state index in [0.717, 1.165) is 75.7 Å². The first kappa shape index (κ1) is 29.5. The Bertz CT molecular complexity index is 1450. The van der Waals surface area contributed by atoms with E-state index in [9.17, 15) is 9.90 Å². The van der Waals surface area contributed by atoms with Crippen LogP contribution in [0.5, 0.6) is 11.5 Å². The topological polar surface area (TPSA) is 59.4 Å². The van der Waals surface area contributed by atoms with Gasteiger partial charge in [-0.15, -0.1) is 23.8 Å². The zero-order chi connectivity index (χ0) is 26.5. The number of para-hydroxylation sites is 1. The minimum Gasteiger partial charge on any atom is -0.512 e. The molecule has 2 heterocycles. The molecule has 0 saturated heterocycles. The van der Waals surface area contributed by atoms with Crippen molar-refractivity contribution in [3.8, 4) is 22.8 Å². The molecule has 4 nitrogen and oxygen atoms in total. The number of aryl methyl sites for hydroxylation is 1. The predicted molar refractivity (Wildman–Crippen MR) is 152 cm³/mol. The van der Waals surface area contributed by atoms with Crippen LogP contribution >= 0.6 is 0 Å². The van der Waals surface area contributed by atoms with Crippen LogP contribution in [0.3, 0.4) is 0 Å². The van der Waals surface area contributed by atoms with E-state index in [2.05, 4.69) is 31.2 Å². The van der Waals surface area contributed by atoms with Crippen LogP contribution in [0.4, 0.5) is 0 Å². The van der Waals surface area contributed by atoms with E-state index in [1.165, 1.54) is 6.08 Å². The van der Waals surface area contributed by atoms with Gasteiger partial charge in [0.2, 0.25) is 0 Å². The molecule has 1 aliphatic rings. The molecule has 0 bridgehead atoms. The Labute approximate surface area is 239 Å². The van der Waals surface area contributed by atoms with E-state index in [1.54, 1.807) is 0 Å². The molecule has 1 N–H and O–H groups in total. The molecule has 201 valence electrons. The van der Waals surface area contributed by atoms with Gasteiger partial charge in [-0.3, -0.25) is 9.78 Å². The van der Waals surface area contributed by atoms with E-state index in [0.29, 0.717) is 0 Å². The molecular formula is C33H36IrNO3-. The number of carbonyl (C=O) groups excluding carboxylic acids is 1. The normalized spacial score (nSPS) is 12.0. The van der Waals surface area contributed by atoms with Gasteiger partial charge in [0.1, 0.15) is 5.75 Å². The molecule has 5 heteroatoms. The molecule has 4 aromatic rings. The van der Waals surface area contributed by atoms with E-state index in [4.69, 9.17) is 9.72 Å². The van der Waals surface area contributed by atoms with Crippen LogP contribution in [0, 0.1) is 24.8 Å². The number of hydrogen-bond donors (Lipinski definition) is 1. The summed E-state index contributed by atoms with van der Waals surface area (Å²) < 4.78 is 6.21. The molecule has 0 saturated carbocycles. The quantitative estimate of drug-likeness (QED) is 0.105. The van der Waals surface area contributed by atoms with Crippen molar-refractivity contribution in [1.29, 1.82) is 0 Å². The number of aliphatic hydroxyl groups excluding tert-OH is 1. The van der Waals surface area contributed by atoms with Gasteiger partial charge in [-0.25, -0.2) is 0 Å². The number of hydrogen-bond acceptors (Lipinski definition) is 4. The zero-order valence-corrected chi connectivity index (χ0v) is 25.2. The Morgan fingerprint density at radius 2 is 1.66 bits per heavy atom. The van der Waals surface area contributed by atoms with Crippen LogP contribution in [-0.4, -0.2) is 15.9 Å². The minimum absolute atomic E-state index is 0. The largest absolute Gasteiger partial charge is 0.512 e. The van der Waals surface area contributed by atoms with Crippen LogP contribution in [0.2, 0.25) is 0 Å². The number of rotatable bonds is 7. The summed E-state index contributed by atoms with van der Waals surface area (Å²) in [4.78, 5) is 16.6. The first-order valence-corrected chi connectivity index (χ1v) is 13.4. The number of nitrogens with zero attached hydrogens (tertiary/aromatic N) is 1. The van der Waals surface area contributed by atoms with Crippen molar-refractivity contribution < 1.29 is 34.7 Å². The van der Waals surface area contributed by atoms with Gasteiger partial charge in [0.15, 0.2) is 5.78 Å². The summed E-state index contributed by atoms with van der Waals surface area (Å²) in [5.74, 6) is 2.28. The van der Waals surface area contributed by atoms with Crippen molar-refractivity contribution in [2.24, 2.45) is 11.8 Å². The number of allylic oxidation sites excluding steroid dienone is 2. The predicted octanol–water partition coefficient (Wildman–Crippen LogP) is 9.14. The SMILES string of the molecule is CCC(CC)C(=O)/C=C(\O)C(CC)CC.Cc1c2c(nc3ccccc13)-c1[c-]ccc3cccc(c13)O2.[Ir]. The molecule has 3 aromatic carbocycles. The molecule has 0 unspecified atom stereocenters. The van der Waals surface area contributed by atoms with Crippen LogP contribution in [-0.2, 0) is 24.9 Å². The average Bonchev–Trinajstić information content (AvgIpc) is 2.91. The third-order valence-corrected chi connectivity index (χ3v) is 7.43. The number of ketones is 1. The summed E-state index contributed by atoms with van der Waals surface area (Å²) in [6.07, 6.45) is 4.91. The Morgan fingerprint density at radius 3 is 2.34 bits per heavy atom. The molecule has 1 aromatic heterocycles. The van der Waals surface area contributed by atoms with Crippen molar-refractivity contribution in [3.63, 3.8) is 0 Å². The van der Waals surface area contributed by atoms with Gasteiger partial charge < -0.3 is 9.84 Å². The number of aliphatic hydroxyl groups is 1. The van der Waals surface area contributed by atoms with Gasteiger partial charge in [-0.2, -0.15) is 0 Å². The summed E-state index contributed by atoms with van der Waals surface area (Å²) in [5, 5.41) is 13.1. The summed E-state index contributed by atoms with van der Waals surface area (Å²) in [6, 6.07) is 21.7. The van der Waals surface area contributed by atoms with Crippen molar-refractivity contribution in [1.82, 2.24) is 4.98 Å². The number of benzene rings is 3. The molecule has 0 aliphatic carbocycles. The van der Waals surface area contributed by atoms with Gasteiger partial charge in [-0.1, -0.05) is 68.8 Å².